The van der Waals surface area contributed by atoms with Gasteiger partial charge in [0.2, 0.25) is 0 Å². The van der Waals surface area contributed by atoms with Gasteiger partial charge in [-0.05, 0) is 25.5 Å². The Morgan fingerprint density at radius 1 is 1.28 bits per heavy atom. The molecule has 0 saturated carbocycles. The minimum atomic E-state index is -5.00. The molecule has 0 aliphatic rings. The van der Waals surface area contributed by atoms with Crippen LogP contribution in [-0.2, 0) is 4.79 Å². The number of carbonyl (C=O) groups is 1. The van der Waals surface area contributed by atoms with Gasteiger partial charge in [-0.1, -0.05) is 0 Å². The van der Waals surface area contributed by atoms with Crippen molar-refractivity contribution in [3.05, 3.63) is 33.4 Å². The Kier molecular flexibility index (Phi) is 3.59. The third-order valence-corrected chi connectivity index (χ3v) is 2.25. The Bertz CT molecular complexity index is 512. The van der Waals surface area contributed by atoms with Crippen LogP contribution in [0.25, 0.3) is 0 Å². The molecule has 8 heteroatoms. The third kappa shape index (κ3) is 2.96. The van der Waals surface area contributed by atoms with Crippen LogP contribution in [-0.4, -0.2) is 17.0 Å². The number of rotatable bonds is 2. The number of hydrogen-bond donors (Lipinski definition) is 1. The summed E-state index contributed by atoms with van der Waals surface area (Å²) in [5.41, 5.74) is 0.0471. The summed E-state index contributed by atoms with van der Waals surface area (Å²) >= 11 is 0. The number of hydrogen-bond acceptors (Lipinski definition) is 3. The van der Waals surface area contributed by atoms with Crippen molar-refractivity contribution in [1.82, 2.24) is 0 Å². The third-order valence-electron chi connectivity index (χ3n) is 2.25. The van der Waals surface area contributed by atoms with Crippen molar-refractivity contribution in [3.63, 3.8) is 0 Å². The number of aryl methyl sites for hydroxylation is 2. The topological polar surface area (TPSA) is 72.2 Å². The van der Waals surface area contributed by atoms with Crippen molar-refractivity contribution in [2.45, 2.75) is 20.0 Å². The molecular weight excluding hydrogens is 253 g/mol. The van der Waals surface area contributed by atoms with E-state index in [1.807, 2.05) is 0 Å². The first-order valence-corrected chi connectivity index (χ1v) is 4.76. The monoisotopic (exact) mass is 262 g/mol. The second-order valence-electron chi connectivity index (χ2n) is 3.66. The molecule has 1 aromatic rings. The van der Waals surface area contributed by atoms with Crippen LogP contribution in [0.15, 0.2) is 12.1 Å². The molecule has 5 nitrogen and oxygen atoms in total. The number of anilines is 1. The van der Waals surface area contributed by atoms with E-state index in [4.69, 9.17) is 0 Å². The van der Waals surface area contributed by atoms with Gasteiger partial charge >= 0.3 is 12.1 Å². The molecule has 18 heavy (non-hydrogen) atoms. The number of halogens is 3. The molecule has 0 radical (unpaired) electrons. The summed E-state index contributed by atoms with van der Waals surface area (Å²) in [6.45, 7) is 2.75. The zero-order valence-electron chi connectivity index (χ0n) is 9.46. The summed E-state index contributed by atoms with van der Waals surface area (Å²) in [7, 11) is 0. The molecule has 0 fully saturated rings. The summed E-state index contributed by atoms with van der Waals surface area (Å²) < 4.78 is 36.2. The van der Waals surface area contributed by atoms with Gasteiger partial charge in [-0.15, -0.1) is 0 Å². The molecule has 98 valence electrons. The predicted molar refractivity (Wildman–Crippen MR) is 57.3 cm³/mol. The highest BCUT2D eigenvalue weighted by molar-refractivity contribution is 5.95. The summed E-state index contributed by atoms with van der Waals surface area (Å²) in [6.07, 6.45) is -5.00. The summed E-state index contributed by atoms with van der Waals surface area (Å²) in [5, 5.41) is 12.3. The van der Waals surface area contributed by atoms with E-state index in [0.717, 1.165) is 12.1 Å². The van der Waals surface area contributed by atoms with E-state index >= 15 is 0 Å². The van der Waals surface area contributed by atoms with Crippen molar-refractivity contribution in [2.24, 2.45) is 0 Å². The summed E-state index contributed by atoms with van der Waals surface area (Å²) in [6, 6.07) is 2.25. The molecule has 0 spiro atoms. The van der Waals surface area contributed by atoms with Crippen molar-refractivity contribution in [1.29, 1.82) is 0 Å². The Labute approximate surface area is 99.8 Å². The average molecular weight is 262 g/mol. The lowest BCUT2D eigenvalue weighted by Crippen LogP contribution is -2.30. The maximum atomic E-state index is 12.1. The van der Waals surface area contributed by atoms with E-state index in [1.54, 1.807) is 5.32 Å². The molecule has 0 saturated heterocycles. The maximum absolute atomic E-state index is 12.1. The maximum Gasteiger partial charge on any atom is 0.471 e. The predicted octanol–water partition coefficient (Wildman–Crippen LogP) is 2.71. The van der Waals surface area contributed by atoms with E-state index in [2.05, 4.69) is 0 Å². The number of benzene rings is 1. The molecule has 1 rings (SSSR count). The number of nitrogens with one attached hydrogen (secondary N) is 1. The molecule has 0 aromatic heterocycles. The second kappa shape index (κ2) is 4.63. The highest BCUT2D eigenvalue weighted by Gasteiger charge is 2.39. The molecule has 1 amide bonds. The molecule has 1 aromatic carbocycles. The summed E-state index contributed by atoms with van der Waals surface area (Å²) in [4.78, 5) is 20.7. The second-order valence-corrected chi connectivity index (χ2v) is 3.66. The molecular formula is C10H9F3N2O3. The lowest BCUT2D eigenvalue weighted by molar-refractivity contribution is -0.385. The standard InChI is InChI=1S/C10H9F3N2O3/c1-5-4-8(15(17)18)6(2)3-7(5)14-9(16)10(11,12)13/h3-4H,1-2H3,(H,14,16). The highest BCUT2D eigenvalue weighted by atomic mass is 19.4. The van der Waals surface area contributed by atoms with Gasteiger partial charge in [-0.3, -0.25) is 14.9 Å². The minimum absolute atomic E-state index is 0.0968. The van der Waals surface area contributed by atoms with Crippen LogP contribution in [0.3, 0.4) is 0 Å². The zero-order chi connectivity index (χ0) is 14.1. The van der Waals surface area contributed by atoms with Crippen LogP contribution in [0.5, 0.6) is 0 Å². The van der Waals surface area contributed by atoms with Gasteiger partial charge in [-0.2, -0.15) is 13.2 Å². The normalized spacial score (nSPS) is 11.2. The number of nitrogens with zero attached hydrogens (tertiary/aromatic N) is 1. The molecule has 0 bridgehead atoms. The number of carbonyl (C=O) groups excluding carboxylic acids is 1. The lowest BCUT2D eigenvalue weighted by Gasteiger charge is -2.11. The quantitative estimate of drug-likeness (QED) is 0.657. The van der Waals surface area contributed by atoms with Gasteiger partial charge in [0.15, 0.2) is 0 Å². The molecule has 0 aliphatic heterocycles. The van der Waals surface area contributed by atoms with Gasteiger partial charge in [-0.25, -0.2) is 0 Å². The van der Waals surface area contributed by atoms with E-state index in [-0.39, 0.29) is 22.5 Å². The zero-order valence-corrected chi connectivity index (χ0v) is 9.46. The van der Waals surface area contributed by atoms with Crippen LogP contribution >= 0.6 is 0 Å². The van der Waals surface area contributed by atoms with Crippen molar-refractivity contribution < 1.29 is 22.9 Å². The van der Waals surface area contributed by atoms with Gasteiger partial charge in [0.1, 0.15) is 0 Å². The van der Waals surface area contributed by atoms with Crippen LogP contribution in [0, 0.1) is 24.0 Å². The number of amides is 1. The van der Waals surface area contributed by atoms with Gasteiger partial charge in [0.05, 0.1) is 4.92 Å². The van der Waals surface area contributed by atoms with E-state index < -0.39 is 17.0 Å². The van der Waals surface area contributed by atoms with Gasteiger partial charge in [0, 0.05) is 17.3 Å². The fraction of sp³-hybridized carbons (Fsp3) is 0.300. The molecule has 1 N–H and O–H groups in total. The van der Waals surface area contributed by atoms with Gasteiger partial charge in [0.25, 0.3) is 5.69 Å². The van der Waals surface area contributed by atoms with E-state index in [1.165, 1.54) is 13.8 Å². The molecule has 0 heterocycles. The fourth-order valence-electron chi connectivity index (χ4n) is 1.33. The van der Waals surface area contributed by atoms with Crippen LogP contribution in [0.2, 0.25) is 0 Å². The van der Waals surface area contributed by atoms with Crippen LogP contribution in [0.4, 0.5) is 24.5 Å². The van der Waals surface area contributed by atoms with Crippen molar-refractivity contribution >= 4 is 17.3 Å². The fourth-order valence-corrected chi connectivity index (χ4v) is 1.33. The minimum Gasteiger partial charge on any atom is -0.318 e. The number of nitro benzene ring substituents is 1. The molecule has 0 aliphatic carbocycles. The summed E-state index contributed by atoms with van der Waals surface area (Å²) in [5.74, 6) is -2.11. The Balaban J connectivity index is 3.10. The largest absolute Gasteiger partial charge is 0.471 e. The SMILES string of the molecule is Cc1cc([N+](=O)[O-])c(C)cc1NC(=O)C(F)(F)F. The van der Waals surface area contributed by atoms with Crippen LogP contribution in [0.1, 0.15) is 11.1 Å². The highest BCUT2D eigenvalue weighted by Crippen LogP contribution is 2.27. The lowest BCUT2D eigenvalue weighted by atomic mass is 10.1. The van der Waals surface area contributed by atoms with E-state index in [0.29, 0.717) is 0 Å². The Hall–Kier alpha value is -2.12. The number of alkyl halides is 3. The first-order valence-electron chi connectivity index (χ1n) is 4.76. The molecule has 0 atom stereocenters. The smallest absolute Gasteiger partial charge is 0.318 e. The van der Waals surface area contributed by atoms with E-state index in [9.17, 15) is 28.1 Å². The average Bonchev–Trinajstić information content (AvgIpc) is 2.21. The number of nitro groups is 1. The van der Waals surface area contributed by atoms with Crippen molar-refractivity contribution in [2.75, 3.05) is 5.32 Å². The van der Waals surface area contributed by atoms with Crippen molar-refractivity contribution in [3.8, 4) is 0 Å². The van der Waals surface area contributed by atoms with Crippen LogP contribution < -0.4 is 5.32 Å². The first kappa shape index (κ1) is 13.9. The molecule has 0 unspecified atom stereocenters. The Morgan fingerprint density at radius 3 is 2.28 bits per heavy atom. The Morgan fingerprint density at radius 2 is 1.83 bits per heavy atom. The first-order chi connectivity index (χ1) is 8.12. The van der Waals surface area contributed by atoms with Gasteiger partial charge < -0.3 is 5.32 Å².